The Bertz CT molecular complexity index is 924. The molecule has 5 nitrogen and oxygen atoms in total. The van der Waals surface area contributed by atoms with E-state index in [4.69, 9.17) is 4.42 Å². The number of aromatic nitrogens is 1. The Kier molecular flexibility index (Phi) is 3.72. The van der Waals surface area contributed by atoms with Gasteiger partial charge in [-0.05, 0) is 32.0 Å². The van der Waals surface area contributed by atoms with E-state index >= 15 is 0 Å². The van der Waals surface area contributed by atoms with Crippen LogP contribution in [0.5, 0.6) is 0 Å². The van der Waals surface area contributed by atoms with Crippen LogP contribution < -0.4 is 4.72 Å². The maximum absolute atomic E-state index is 12.6. The average Bonchev–Trinajstić information content (AvgIpc) is 2.82. The number of aryl methyl sites for hydroxylation is 2. The molecule has 0 saturated carbocycles. The molecule has 1 N–H and O–H groups in total. The summed E-state index contributed by atoms with van der Waals surface area (Å²) < 4.78 is 33.1. The first-order valence-electron chi connectivity index (χ1n) is 6.87. The first-order valence-corrected chi connectivity index (χ1v) is 8.35. The summed E-state index contributed by atoms with van der Waals surface area (Å²) in [5.74, 6) is 1.48. The van der Waals surface area contributed by atoms with Crippen molar-refractivity contribution in [2.24, 2.45) is 0 Å². The summed E-state index contributed by atoms with van der Waals surface area (Å²) in [7, 11) is -3.65. The van der Waals surface area contributed by atoms with Gasteiger partial charge in [0, 0.05) is 23.7 Å². The molecular weight excluding hydrogens is 300 g/mol. The van der Waals surface area contributed by atoms with Crippen molar-refractivity contribution in [1.82, 2.24) is 9.71 Å². The predicted octanol–water partition coefficient (Wildman–Crippen LogP) is 2.92. The number of pyridine rings is 1. The first kappa shape index (κ1) is 14.7. The van der Waals surface area contributed by atoms with Gasteiger partial charge in [0.2, 0.25) is 10.0 Å². The second kappa shape index (κ2) is 5.55. The molecule has 0 fully saturated rings. The molecule has 3 aromatic rings. The fourth-order valence-corrected chi connectivity index (χ4v) is 3.59. The molecule has 0 aliphatic rings. The molecule has 0 radical (unpaired) electrons. The number of furan rings is 1. The van der Waals surface area contributed by atoms with E-state index in [-0.39, 0.29) is 11.4 Å². The summed E-state index contributed by atoms with van der Waals surface area (Å²) in [6.45, 7) is 3.84. The van der Waals surface area contributed by atoms with Crippen LogP contribution in [0.4, 0.5) is 0 Å². The standard InChI is InChI=1S/C16H16N2O3S/c1-11-9-14(12(2)21-11)10-18-22(19,20)15-7-3-5-13-6-4-8-17-16(13)15/h3-9,18H,10H2,1-2H3. The lowest BCUT2D eigenvalue weighted by Gasteiger charge is -2.08. The van der Waals surface area contributed by atoms with Crippen molar-refractivity contribution < 1.29 is 12.8 Å². The number of hydrogen-bond acceptors (Lipinski definition) is 4. The molecule has 0 aliphatic carbocycles. The van der Waals surface area contributed by atoms with E-state index < -0.39 is 10.0 Å². The minimum Gasteiger partial charge on any atom is -0.466 e. The van der Waals surface area contributed by atoms with Crippen molar-refractivity contribution in [1.29, 1.82) is 0 Å². The highest BCUT2D eigenvalue weighted by molar-refractivity contribution is 7.89. The Balaban J connectivity index is 1.93. The first-order chi connectivity index (χ1) is 10.5. The lowest BCUT2D eigenvalue weighted by Crippen LogP contribution is -2.23. The van der Waals surface area contributed by atoms with Crippen LogP contribution in [0, 0.1) is 13.8 Å². The second-order valence-electron chi connectivity index (χ2n) is 5.09. The number of benzene rings is 1. The highest BCUT2D eigenvalue weighted by Gasteiger charge is 2.18. The molecule has 0 unspecified atom stereocenters. The second-order valence-corrected chi connectivity index (χ2v) is 6.83. The Morgan fingerprint density at radius 2 is 1.95 bits per heavy atom. The molecule has 0 atom stereocenters. The smallest absolute Gasteiger partial charge is 0.243 e. The summed E-state index contributed by atoms with van der Waals surface area (Å²) in [5, 5.41) is 0.792. The van der Waals surface area contributed by atoms with Gasteiger partial charge in [-0.2, -0.15) is 0 Å². The molecule has 0 amide bonds. The fraction of sp³-hybridized carbons (Fsp3) is 0.188. The van der Waals surface area contributed by atoms with E-state index in [9.17, 15) is 8.42 Å². The molecule has 2 heterocycles. The molecule has 0 bridgehead atoms. The van der Waals surface area contributed by atoms with Crippen LogP contribution >= 0.6 is 0 Å². The summed E-state index contributed by atoms with van der Waals surface area (Å²) >= 11 is 0. The zero-order chi connectivity index (χ0) is 15.7. The number of fused-ring (bicyclic) bond motifs is 1. The van der Waals surface area contributed by atoms with Gasteiger partial charge in [0.25, 0.3) is 0 Å². The quantitative estimate of drug-likeness (QED) is 0.803. The molecular formula is C16H16N2O3S. The third-order valence-corrected chi connectivity index (χ3v) is 4.91. The van der Waals surface area contributed by atoms with E-state index in [1.807, 2.05) is 32.0 Å². The number of sulfonamides is 1. The number of nitrogens with zero attached hydrogens (tertiary/aromatic N) is 1. The lowest BCUT2D eigenvalue weighted by molar-refractivity contribution is 0.500. The van der Waals surface area contributed by atoms with Gasteiger partial charge in [-0.15, -0.1) is 0 Å². The highest BCUT2D eigenvalue weighted by Crippen LogP contribution is 2.21. The van der Waals surface area contributed by atoms with Crippen LogP contribution in [0.2, 0.25) is 0 Å². The maximum Gasteiger partial charge on any atom is 0.243 e. The number of rotatable bonds is 4. The van der Waals surface area contributed by atoms with Crippen LogP contribution in [0.3, 0.4) is 0 Å². The number of hydrogen-bond donors (Lipinski definition) is 1. The third kappa shape index (κ3) is 2.75. The largest absolute Gasteiger partial charge is 0.466 e. The Hall–Kier alpha value is -2.18. The third-order valence-electron chi connectivity index (χ3n) is 3.48. The van der Waals surface area contributed by atoms with Crippen LogP contribution in [-0.4, -0.2) is 13.4 Å². The van der Waals surface area contributed by atoms with E-state index in [1.165, 1.54) is 0 Å². The SMILES string of the molecule is Cc1cc(CNS(=O)(=O)c2cccc3cccnc23)c(C)o1. The summed E-state index contributed by atoms with van der Waals surface area (Å²) in [6.07, 6.45) is 1.59. The molecule has 0 aliphatic heterocycles. The van der Waals surface area contributed by atoms with Crippen molar-refractivity contribution in [3.05, 3.63) is 59.7 Å². The molecule has 2 aromatic heterocycles. The Labute approximate surface area is 129 Å². The predicted molar refractivity (Wildman–Crippen MR) is 84.0 cm³/mol. The van der Waals surface area contributed by atoms with Crippen molar-refractivity contribution in [2.45, 2.75) is 25.3 Å². The minimum absolute atomic E-state index is 0.184. The van der Waals surface area contributed by atoms with Crippen LogP contribution in [0.25, 0.3) is 10.9 Å². The molecule has 1 aromatic carbocycles. The van der Waals surface area contributed by atoms with E-state index in [0.29, 0.717) is 5.52 Å². The van der Waals surface area contributed by atoms with Gasteiger partial charge in [0.1, 0.15) is 16.4 Å². The van der Waals surface area contributed by atoms with Gasteiger partial charge in [-0.1, -0.05) is 18.2 Å². The van der Waals surface area contributed by atoms with E-state index in [0.717, 1.165) is 22.5 Å². The summed E-state index contributed by atoms with van der Waals surface area (Å²) in [4.78, 5) is 4.37. The molecule has 0 spiro atoms. The Morgan fingerprint density at radius 1 is 1.18 bits per heavy atom. The summed E-state index contributed by atoms with van der Waals surface area (Å²) in [6, 6.07) is 10.6. The molecule has 3 rings (SSSR count). The zero-order valence-electron chi connectivity index (χ0n) is 12.3. The van der Waals surface area contributed by atoms with Gasteiger partial charge in [-0.25, -0.2) is 13.1 Å². The van der Waals surface area contributed by atoms with Gasteiger partial charge < -0.3 is 4.42 Å². The van der Waals surface area contributed by atoms with Crippen molar-refractivity contribution >= 4 is 20.9 Å². The van der Waals surface area contributed by atoms with Crippen LogP contribution in [0.1, 0.15) is 17.1 Å². The normalized spacial score (nSPS) is 11.9. The average molecular weight is 316 g/mol. The number of para-hydroxylation sites is 1. The van der Waals surface area contributed by atoms with Crippen molar-refractivity contribution in [3.8, 4) is 0 Å². The monoisotopic (exact) mass is 316 g/mol. The van der Waals surface area contributed by atoms with Crippen molar-refractivity contribution in [2.75, 3.05) is 0 Å². The van der Waals surface area contributed by atoms with Gasteiger partial charge in [0.15, 0.2) is 0 Å². The van der Waals surface area contributed by atoms with Crippen LogP contribution in [0.15, 0.2) is 51.9 Å². The Morgan fingerprint density at radius 3 is 2.68 bits per heavy atom. The molecule has 6 heteroatoms. The van der Waals surface area contributed by atoms with Gasteiger partial charge >= 0.3 is 0 Å². The summed E-state index contributed by atoms with van der Waals surface area (Å²) in [5.41, 5.74) is 1.30. The van der Waals surface area contributed by atoms with Crippen molar-refractivity contribution in [3.63, 3.8) is 0 Å². The van der Waals surface area contributed by atoms with Gasteiger partial charge in [-0.3, -0.25) is 4.98 Å². The zero-order valence-corrected chi connectivity index (χ0v) is 13.1. The van der Waals surface area contributed by atoms with Gasteiger partial charge in [0.05, 0.1) is 5.52 Å². The van der Waals surface area contributed by atoms with E-state index in [1.54, 1.807) is 24.4 Å². The van der Waals surface area contributed by atoms with Crippen LogP contribution in [-0.2, 0) is 16.6 Å². The topological polar surface area (TPSA) is 72.2 Å². The fourth-order valence-electron chi connectivity index (χ4n) is 2.40. The highest BCUT2D eigenvalue weighted by atomic mass is 32.2. The molecule has 0 saturated heterocycles. The number of nitrogens with one attached hydrogen (secondary N) is 1. The molecule has 22 heavy (non-hydrogen) atoms. The molecule has 114 valence electrons. The maximum atomic E-state index is 12.6. The van der Waals surface area contributed by atoms with E-state index in [2.05, 4.69) is 9.71 Å². The minimum atomic E-state index is -3.65. The lowest BCUT2D eigenvalue weighted by atomic mass is 10.2.